The van der Waals surface area contributed by atoms with Crippen LogP contribution in [-0.2, 0) is 6.42 Å². The zero-order valence-corrected chi connectivity index (χ0v) is 14.3. The zero-order valence-electron chi connectivity index (χ0n) is 12.7. The molecule has 5 nitrogen and oxygen atoms in total. The lowest BCUT2D eigenvalue weighted by Gasteiger charge is -2.17. The number of hydrogen-bond acceptors (Lipinski definition) is 4. The van der Waals surface area contributed by atoms with Crippen LogP contribution in [0.2, 0.25) is 0 Å². The van der Waals surface area contributed by atoms with Crippen molar-refractivity contribution < 1.29 is 19.4 Å². The highest BCUT2D eigenvalue weighted by molar-refractivity contribution is 9.10. The van der Waals surface area contributed by atoms with E-state index in [0.717, 1.165) is 5.56 Å². The fourth-order valence-corrected chi connectivity index (χ4v) is 2.87. The van der Waals surface area contributed by atoms with Crippen molar-refractivity contribution in [1.82, 2.24) is 4.98 Å². The predicted molar refractivity (Wildman–Crippen MR) is 93.7 cm³/mol. The minimum Gasteiger partial charge on any atom is -0.476 e. The maximum Gasteiger partial charge on any atom is 0.356 e. The molecule has 3 N–H and O–H groups in total. The van der Waals surface area contributed by atoms with Gasteiger partial charge in [0.2, 0.25) is 0 Å². The molecule has 0 fully saturated rings. The molecule has 124 valence electrons. The minimum atomic E-state index is -1.21. The van der Waals surface area contributed by atoms with E-state index in [0.29, 0.717) is 35.1 Å². The van der Waals surface area contributed by atoms with Crippen LogP contribution in [0.1, 0.15) is 28.0 Å². The summed E-state index contributed by atoms with van der Waals surface area (Å²) >= 11 is 3.39. The molecular weight excluding hydrogens is 378 g/mol. The fraction of sp³-hybridized carbons (Fsp3) is 0.250. The molecule has 0 bridgehead atoms. The van der Waals surface area contributed by atoms with Crippen molar-refractivity contribution in [3.05, 3.63) is 51.4 Å². The summed E-state index contributed by atoms with van der Waals surface area (Å²) in [6.45, 7) is 0.370. The number of aromatic carboxylic acids is 1. The van der Waals surface area contributed by atoms with Gasteiger partial charge in [-0.1, -0.05) is 12.1 Å². The first kappa shape index (κ1) is 18.4. The van der Waals surface area contributed by atoms with Gasteiger partial charge < -0.3 is 15.5 Å². The summed E-state index contributed by atoms with van der Waals surface area (Å²) in [4.78, 5) is 15.4. The van der Waals surface area contributed by atoms with Gasteiger partial charge in [0.05, 0.1) is 5.69 Å². The SMILES string of the molecule is [B]c1nc(C(=O)O)c(NCCCO)c(Br)c1Cc1ccc(F)cc1. The van der Waals surface area contributed by atoms with Crippen molar-refractivity contribution in [2.24, 2.45) is 0 Å². The van der Waals surface area contributed by atoms with Crippen molar-refractivity contribution >= 4 is 41.0 Å². The zero-order chi connectivity index (χ0) is 17.7. The number of aromatic nitrogens is 1. The molecule has 0 saturated carbocycles. The van der Waals surface area contributed by atoms with Gasteiger partial charge in [0.25, 0.3) is 0 Å². The van der Waals surface area contributed by atoms with Gasteiger partial charge in [0, 0.05) is 17.6 Å². The second-order valence-electron chi connectivity index (χ2n) is 5.13. The summed E-state index contributed by atoms with van der Waals surface area (Å²) in [6, 6.07) is 5.95. The highest BCUT2D eigenvalue weighted by Crippen LogP contribution is 2.29. The molecule has 2 rings (SSSR count). The lowest BCUT2D eigenvalue weighted by molar-refractivity contribution is 0.0692. The first-order valence-corrected chi connectivity index (χ1v) is 8.03. The summed E-state index contributed by atoms with van der Waals surface area (Å²) in [5.74, 6) is -1.54. The second-order valence-corrected chi connectivity index (χ2v) is 5.92. The van der Waals surface area contributed by atoms with Crippen molar-refractivity contribution in [1.29, 1.82) is 0 Å². The lowest BCUT2D eigenvalue weighted by Crippen LogP contribution is -2.23. The molecule has 0 saturated heterocycles. The van der Waals surface area contributed by atoms with Gasteiger partial charge in [0.1, 0.15) is 13.7 Å². The van der Waals surface area contributed by atoms with E-state index in [1.54, 1.807) is 12.1 Å². The Kier molecular flexibility index (Phi) is 6.33. The van der Waals surface area contributed by atoms with Crippen LogP contribution in [0.5, 0.6) is 0 Å². The van der Waals surface area contributed by atoms with E-state index in [1.165, 1.54) is 12.1 Å². The summed E-state index contributed by atoms with van der Waals surface area (Å²) < 4.78 is 13.5. The van der Waals surface area contributed by atoms with Crippen LogP contribution in [0.25, 0.3) is 0 Å². The maximum absolute atomic E-state index is 13.0. The minimum absolute atomic E-state index is 0.0160. The van der Waals surface area contributed by atoms with E-state index < -0.39 is 5.97 Å². The number of hydrogen-bond donors (Lipinski definition) is 3. The molecule has 0 atom stereocenters. The number of carboxylic acid groups (broad SMARTS) is 1. The molecule has 1 aromatic heterocycles. The number of nitrogens with one attached hydrogen (secondary N) is 1. The Morgan fingerprint density at radius 2 is 2.00 bits per heavy atom. The number of benzene rings is 1. The van der Waals surface area contributed by atoms with Crippen LogP contribution in [0.3, 0.4) is 0 Å². The third kappa shape index (κ3) is 4.33. The summed E-state index contributed by atoms with van der Waals surface area (Å²) in [5.41, 5.74) is 1.63. The van der Waals surface area contributed by atoms with Crippen LogP contribution in [0.15, 0.2) is 28.7 Å². The maximum atomic E-state index is 13.0. The molecule has 2 radical (unpaired) electrons. The molecule has 1 aromatic carbocycles. The third-order valence-electron chi connectivity index (χ3n) is 3.40. The van der Waals surface area contributed by atoms with Crippen LogP contribution >= 0.6 is 15.9 Å². The number of pyridine rings is 1. The normalized spacial score (nSPS) is 10.6. The number of anilines is 1. The second kappa shape index (κ2) is 8.26. The molecule has 0 spiro atoms. The molecule has 2 aromatic rings. The largest absolute Gasteiger partial charge is 0.476 e. The van der Waals surface area contributed by atoms with Gasteiger partial charge in [-0.3, -0.25) is 4.98 Å². The Labute approximate surface area is 148 Å². The molecule has 0 unspecified atom stereocenters. The molecule has 0 aliphatic carbocycles. The average molecular weight is 393 g/mol. The van der Waals surface area contributed by atoms with Crippen LogP contribution < -0.4 is 10.9 Å². The Bertz CT molecular complexity index is 741. The number of carboxylic acids is 1. The first-order chi connectivity index (χ1) is 11.4. The lowest BCUT2D eigenvalue weighted by atomic mass is 9.92. The smallest absolute Gasteiger partial charge is 0.356 e. The van der Waals surface area contributed by atoms with Crippen LogP contribution in [0.4, 0.5) is 10.1 Å². The number of nitrogens with zero attached hydrogens (tertiary/aromatic N) is 1. The van der Waals surface area contributed by atoms with E-state index in [4.69, 9.17) is 13.0 Å². The number of aliphatic hydroxyl groups excluding tert-OH is 1. The van der Waals surface area contributed by atoms with Gasteiger partial charge >= 0.3 is 5.97 Å². The van der Waals surface area contributed by atoms with Crippen molar-refractivity contribution in [2.75, 3.05) is 18.5 Å². The Hall–Kier alpha value is -1.93. The summed E-state index contributed by atoms with van der Waals surface area (Å²) in [7, 11) is 5.92. The number of rotatable bonds is 7. The van der Waals surface area contributed by atoms with Gasteiger partial charge in [-0.05, 0) is 57.6 Å². The van der Waals surface area contributed by atoms with Crippen LogP contribution in [-0.4, -0.2) is 42.2 Å². The highest BCUT2D eigenvalue weighted by atomic mass is 79.9. The topological polar surface area (TPSA) is 82.5 Å². The van der Waals surface area contributed by atoms with E-state index >= 15 is 0 Å². The van der Waals surface area contributed by atoms with E-state index in [9.17, 15) is 14.3 Å². The average Bonchev–Trinajstić information content (AvgIpc) is 2.55. The Balaban J connectivity index is 2.41. The van der Waals surface area contributed by atoms with Crippen molar-refractivity contribution in [2.45, 2.75) is 12.8 Å². The monoisotopic (exact) mass is 392 g/mol. The highest BCUT2D eigenvalue weighted by Gasteiger charge is 2.20. The number of aliphatic hydroxyl groups is 1. The molecule has 8 heteroatoms. The van der Waals surface area contributed by atoms with Gasteiger partial charge in [-0.25, -0.2) is 9.18 Å². The van der Waals surface area contributed by atoms with Gasteiger partial charge in [-0.2, -0.15) is 0 Å². The van der Waals surface area contributed by atoms with E-state index in [-0.39, 0.29) is 23.7 Å². The molecule has 0 amide bonds. The quantitative estimate of drug-likeness (QED) is 0.495. The number of carbonyl (C=O) groups is 1. The summed E-state index contributed by atoms with van der Waals surface area (Å²) in [6.07, 6.45) is 0.831. The molecular formula is C16H15BBrFN2O3. The molecule has 1 heterocycles. The van der Waals surface area contributed by atoms with Crippen LogP contribution in [0, 0.1) is 5.82 Å². The van der Waals surface area contributed by atoms with Crippen molar-refractivity contribution in [3.8, 4) is 0 Å². The van der Waals surface area contributed by atoms with Crippen molar-refractivity contribution in [3.63, 3.8) is 0 Å². The number of halogens is 2. The Morgan fingerprint density at radius 3 is 2.58 bits per heavy atom. The standard InChI is InChI=1S/C16H15BBrFN2O3/c17-15-11(8-9-2-4-10(19)5-3-9)12(18)13(20-6-1-7-22)14(21-15)16(23)24/h2-5,20,22H,1,6-8H2,(H,23,24). The van der Waals surface area contributed by atoms with E-state index in [2.05, 4.69) is 26.2 Å². The first-order valence-electron chi connectivity index (χ1n) is 7.24. The molecule has 24 heavy (non-hydrogen) atoms. The van der Waals surface area contributed by atoms with Gasteiger partial charge in [0.15, 0.2) is 5.69 Å². The molecule has 0 aliphatic heterocycles. The molecule has 0 aliphatic rings. The third-order valence-corrected chi connectivity index (χ3v) is 4.27. The van der Waals surface area contributed by atoms with E-state index in [1.807, 2.05) is 0 Å². The Morgan fingerprint density at radius 1 is 1.33 bits per heavy atom. The summed E-state index contributed by atoms with van der Waals surface area (Å²) in [5, 5.41) is 21.1. The van der Waals surface area contributed by atoms with Gasteiger partial charge in [-0.15, -0.1) is 0 Å². The predicted octanol–water partition coefficient (Wildman–Crippen LogP) is 1.86. The fourth-order valence-electron chi connectivity index (χ4n) is 2.19.